The van der Waals surface area contributed by atoms with Crippen LogP contribution in [-0.4, -0.2) is 43.9 Å². The quantitative estimate of drug-likeness (QED) is 0.800. The second-order valence-electron chi connectivity index (χ2n) is 5.36. The first-order chi connectivity index (χ1) is 11.4. The van der Waals surface area contributed by atoms with Crippen molar-refractivity contribution in [2.24, 2.45) is 0 Å². The van der Waals surface area contributed by atoms with Crippen molar-refractivity contribution in [3.63, 3.8) is 0 Å². The third-order valence-corrected chi connectivity index (χ3v) is 3.84. The van der Waals surface area contributed by atoms with Gasteiger partial charge in [-0.2, -0.15) is 0 Å². The fraction of sp³-hybridized carbons (Fsp3) is 0.294. The summed E-state index contributed by atoms with van der Waals surface area (Å²) in [6, 6.07) is 6.38. The lowest BCUT2D eigenvalue weighted by atomic mass is 10.1. The topological polar surface area (TPSA) is 74.6 Å². The fourth-order valence-corrected chi connectivity index (χ4v) is 2.38. The molecule has 0 bridgehead atoms. The lowest BCUT2D eigenvalue weighted by molar-refractivity contribution is 0.0798. The molecule has 0 atom stereocenters. The molecule has 0 aliphatic rings. The number of furan rings is 1. The summed E-state index contributed by atoms with van der Waals surface area (Å²) in [5.41, 5.74) is 1.17. The number of amides is 2. The summed E-state index contributed by atoms with van der Waals surface area (Å²) in [7, 11) is 3.53. The monoisotopic (exact) mass is 385 g/mol. The third kappa shape index (κ3) is 5.22. The predicted molar refractivity (Wildman–Crippen MR) is 101 cm³/mol. The summed E-state index contributed by atoms with van der Waals surface area (Å²) in [6.45, 7) is 2.92. The lowest BCUT2D eigenvalue weighted by Gasteiger charge is -2.19. The van der Waals surface area contributed by atoms with Gasteiger partial charge in [-0.1, -0.05) is 11.6 Å². The SMILES string of the molecule is CNCCN(C)C(=O)c1ccc(Cl)cc1NC(=O)c1ccoc1C.Cl. The Kier molecular flexibility index (Phi) is 7.96. The average Bonchev–Trinajstić information content (AvgIpc) is 2.98. The minimum atomic E-state index is -0.351. The molecule has 0 fully saturated rings. The molecule has 2 amide bonds. The van der Waals surface area contributed by atoms with E-state index in [2.05, 4.69) is 10.6 Å². The molecule has 0 saturated heterocycles. The molecule has 0 saturated carbocycles. The van der Waals surface area contributed by atoms with Crippen molar-refractivity contribution in [1.82, 2.24) is 10.2 Å². The Morgan fingerprint density at radius 1 is 1.24 bits per heavy atom. The minimum absolute atomic E-state index is 0. The number of rotatable bonds is 6. The van der Waals surface area contributed by atoms with Gasteiger partial charge in [-0.05, 0) is 38.2 Å². The molecule has 2 aromatic rings. The van der Waals surface area contributed by atoms with Crippen LogP contribution < -0.4 is 10.6 Å². The number of likely N-dealkylation sites (N-methyl/N-ethyl adjacent to an activating group) is 2. The van der Waals surface area contributed by atoms with Gasteiger partial charge in [0.25, 0.3) is 11.8 Å². The van der Waals surface area contributed by atoms with Crippen LogP contribution in [0.2, 0.25) is 5.02 Å². The van der Waals surface area contributed by atoms with Gasteiger partial charge in [-0.25, -0.2) is 0 Å². The maximum absolute atomic E-state index is 12.6. The zero-order valence-electron chi connectivity index (χ0n) is 14.3. The number of nitrogens with zero attached hydrogens (tertiary/aromatic N) is 1. The van der Waals surface area contributed by atoms with Crippen molar-refractivity contribution < 1.29 is 14.0 Å². The molecule has 8 heteroatoms. The van der Waals surface area contributed by atoms with E-state index >= 15 is 0 Å². The van der Waals surface area contributed by atoms with Crippen LogP contribution >= 0.6 is 24.0 Å². The molecule has 136 valence electrons. The molecule has 1 aromatic carbocycles. The zero-order chi connectivity index (χ0) is 17.7. The van der Waals surface area contributed by atoms with Crippen LogP contribution in [0.4, 0.5) is 5.69 Å². The lowest BCUT2D eigenvalue weighted by Crippen LogP contribution is -2.33. The minimum Gasteiger partial charge on any atom is -0.469 e. The summed E-state index contributed by atoms with van der Waals surface area (Å²) in [5, 5.41) is 6.16. The molecule has 6 nitrogen and oxygen atoms in total. The van der Waals surface area contributed by atoms with E-state index in [1.54, 1.807) is 43.1 Å². The van der Waals surface area contributed by atoms with Gasteiger partial charge in [0.15, 0.2) is 0 Å². The first-order valence-corrected chi connectivity index (χ1v) is 7.87. The second-order valence-corrected chi connectivity index (χ2v) is 5.80. The summed E-state index contributed by atoms with van der Waals surface area (Å²) in [5.74, 6) is -0.0369. The highest BCUT2D eigenvalue weighted by Gasteiger charge is 2.19. The number of halogens is 2. The van der Waals surface area contributed by atoms with Crippen LogP contribution in [-0.2, 0) is 0 Å². The Hall–Kier alpha value is -2.02. The molecule has 2 N–H and O–H groups in total. The van der Waals surface area contributed by atoms with Gasteiger partial charge >= 0.3 is 0 Å². The first-order valence-electron chi connectivity index (χ1n) is 7.49. The third-order valence-electron chi connectivity index (χ3n) is 3.61. The van der Waals surface area contributed by atoms with E-state index in [0.717, 1.165) is 0 Å². The largest absolute Gasteiger partial charge is 0.469 e. The van der Waals surface area contributed by atoms with Gasteiger partial charge in [0.05, 0.1) is 23.1 Å². The highest BCUT2D eigenvalue weighted by atomic mass is 35.5. The Morgan fingerprint density at radius 2 is 1.96 bits per heavy atom. The highest BCUT2D eigenvalue weighted by Crippen LogP contribution is 2.23. The van der Waals surface area contributed by atoms with Gasteiger partial charge in [-0.3, -0.25) is 9.59 Å². The summed E-state index contributed by atoms with van der Waals surface area (Å²) >= 11 is 6.02. The Labute approximate surface area is 157 Å². The fourth-order valence-electron chi connectivity index (χ4n) is 2.20. The van der Waals surface area contributed by atoms with E-state index in [0.29, 0.717) is 40.7 Å². The van der Waals surface area contributed by atoms with Gasteiger partial charge in [0, 0.05) is 25.2 Å². The van der Waals surface area contributed by atoms with Crippen molar-refractivity contribution in [3.8, 4) is 0 Å². The van der Waals surface area contributed by atoms with Gasteiger partial charge in [0.2, 0.25) is 0 Å². The number of nitrogens with one attached hydrogen (secondary N) is 2. The molecule has 0 radical (unpaired) electrons. The molecule has 0 spiro atoms. The predicted octanol–water partition coefficient (Wildman–Crippen LogP) is 3.21. The molecule has 0 aliphatic heterocycles. The molecule has 1 heterocycles. The normalized spacial score (nSPS) is 10.1. The van der Waals surface area contributed by atoms with Crippen LogP contribution in [0.5, 0.6) is 0 Å². The number of carbonyl (C=O) groups is 2. The Morgan fingerprint density at radius 3 is 2.56 bits per heavy atom. The van der Waals surface area contributed by atoms with Crippen LogP contribution in [0.1, 0.15) is 26.5 Å². The van der Waals surface area contributed by atoms with Crippen molar-refractivity contribution >= 4 is 41.5 Å². The number of hydrogen-bond donors (Lipinski definition) is 2. The van der Waals surface area contributed by atoms with E-state index in [1.807, 2.05) is 7.05 Å². The number of aryl methyl sites for hydroxylation is 1. The summed E-state index contributed by atoms with van der Waals surface area (Å²) in [6.07, 6.45) is 1.44. The maximum Gasteiger partial charge on any atom is 0.259 e. The molecule has 0 aliphatic carbocycles. The molecule has 25 heavy (non-hydrogen) atoms. The maximum atomic E-state index is 12.6. The van der Waals surface area contributed by atoms with Crippen LogP contribution in [0.25, 0.3) is 0 Å². The van der Waals surface area contributed by atoms with Crippen molar-refractivity contribution in [2.45, 2.75) is 6.92 Å². The molecular formula is C17H21Cl2N3O3. The number of carbonyl (C=O) groups excluding carboxylic acids is 2. The van der Waals surface area contributed by atoms with Crippen LogP contribution in [0, 0.1) is 6.92 Å². The van der Waals surface area contributed by atoms with Crippen molar-refractivity contribution in [3.05, 3.63) is 52.4 Å². The number of benzene rings is 1. The van der Waals surface area contributed by atoms with Gasteiger partial charge in [0.1, 0.15) is 5.76 Å². The zero-order valence-corrected chi connectivity index (χ0v) is 15.8. The molecule has 2 rings (SSSR count). The Balaban J connectivity index is 0.00000312. The van der Waals surface area contributed by atoms with Gasteiger partial charge in [-0.15, -0.1) is 12.4 Å². The van der Waals surface area contributed by atoms with Crippen LogP contribution in [0.3, 0.4) is 0 Å². The standard InChI is InChI=1S/C17H20ClN3O3.ClH/c1-11-13(6-9-24-11)16(22)20-15-10-12(18)4-5-14(15)17(23)21(3)8-7-19-2;/h4-6,9-10,19H,7-8H2,1-3H3,(H,20,22);1H. The van der Waals surface area contributed by atoms with E-state index in [9.17, 15) is 9.59 Å². The Bertz CT molecular complexity index is 746. The highest BCUT2D eigenvalue weighted by molar-refractivity contribution is 6.31. The smallest absolute Gasteiger partial charge is 0.259 e. The van der Waals surface area contributed by atoms with E-state index in [-0.39, 0.29) is 24.2 Å². The van der Waals surface area contributed by atoms with Crippen LogP contribution in [0.15, 0.2) is 34.9 Å². The molecule has 0 unspecified atom stereocenters. The second kappa shape index (κ2) is 9.46. The number of hydrogen-bond acceptors (Lipinski definition) is 4. The molecule has 1 aromatic heterocycles. The van der Waals surface area contributed by atoms with E-state index in [4.69, 9.17) is 16.0 Å². The van der Waals surface area contributed by atoms with Crippen molar-refractivity contribution in [2.75, 3.05) is 32.5 Å². The average molecular weight is 386 g/mol. The van der Waals surface area contributed by atoms with E-state index < -0.39 is 0 Å². The summed E-state index contributed by atoms with van der Waals surface area (Å²) < 4.78 is 5.14. The van der Waals surface area contributed by atoms with Gasteiger partial charge < -0.3 is 20.0 Å². The summed E-state index contributed by atoms with van der Waals surface area (Å²) in [4.78, 5) is 26.6. The van der Waals surface area contributed by atoms with Crippen molar-refractivity contribution in [1.29, 1.82) is 0 Å². The first kappa shape index (κ1) is 21.0. The van der Waals surface area contributed by atoms with E-state index in [1.165, 1.54) is 6.26 Å². The molecular weight excluding hydrogens is 365 g/mol. The number of anilines is 1.